The summed E-state index contributed by atoms with van der Waals surface area (Å²) in [5, 5.41) is 10.7. The Labute approximate surface area is 204 Å². The molecule has 178 valence electrons. The third-order valence-electron chi connectivity index (χ3n) is 4.64. The number of para-hydroxylation sites is 2. The van der Waals surface area contributed by atoms with Crippen molar-refractivity contribution in [3.8, 4) is 11.5 Å². The summed E-state index contributed by atoms with van der Waals surface area (Å²) in [5.41, 5.74) is 5.44. The molecule has 0 fully saturated rings. The number of hydrazone groups is 1. The van der Waals surface area contributed by atoms with E-state index >= 15 is 0 Å². The van der Waals surface area contributed by atoms with Gasteiger partial charge in [-0.3, -0.25) is 0 Å². The Balaban J connectivity index is 1.54. The summed E-state index contributed by atoms with van der Waals surface area (Å²) in [6.07, 6.45) is 1.66. The molecule has 0 aliphatic heterocycles. The number of nitrogens with one attached hydrogen (secondary N) is 3. The summed E-state index contributed by atoms with van der Waals surface area (Å²) in [6, 6.07) is 25.0. The Morgan fingerprint density at radius 3 is 1.80 bits per heavy atom. The first kappa shape index (κ1) is 23.5. The van der Waals surface area contributed by atoms with Crippen LogP contribution in [0.1, 0.15) is 19.4 Å². The minimum Gasteiger partial charge on any atom is -0.490 e. The predicted molar refractivity (Wildman–Crippen MR) is 139 cm³/mol. The van der Waals surface area contributed by atoms with Crippen LogP contribution in [0.3, 0.4) is 0 Å². The van der Waals surface area contributed by atoms with Gasteiger partial charge < -0.3 is 20.1 Å². The molecule has 0 aliphatic rings. The van der Waals surface area contributed by atoms with Crippen LogP contribution in [0.15, 0.2) is 84.0 Å². The van der Waals surface area contributed by atoms with Gasteiger partial charge in [-0.15, -0.1) is 0 Å². The van der Waals surface area contributed by atoms with E-state index in [1.54, 1.807) is 6.21 Å². The zero-order valence-electron chi connectivity index (χ0n) is 19.6. The van der Waals surface area contributed by atoms with Gasteiger partial charge in [-0.1, -0.05) is 36.4 Å². The molecule has 9 nitrogen and oxygen atoms in total. The molecule has 0 bridgehead atoms. The van der Waals surface area contributed by atoms with Crippen LogP contribution in [0, 0.1) is 0 Å². The maximum atomic E-state index is 5.68. The molecule has 9 heteroatoms. The van der Waals surface area contributed by atoms with Gasteiger partial charge >= 0.3 is 0 Å². The number of aromatic nitrogens is 3. The SMILES string of the molecule is CCOc1ccc(/C=N\Nc2nc(Nc3ccccc3)nc(Nc3ccccc3)n2)cc1OCC. The molecule has 3 N–H and O–H groups in total. The Bertz CT molecular complexity index is 1190. The van der Waals surface area contributed by atoms with Crippen LogP contribution in [0.5, 0.6) is 11.5 Å². The van der Waals surface area contributed by atoms with Gasteiger partial charge in [-0.25, -0.2) is 5.43 Å². The largest absolute Gasteiger partial charge is 0.490 e. The molecule has 35 heavy (non-hydrogen) atoms. The molecule has 0 saturated carbocycles. The van der Waals surface area contributed by atoms with Gasteiger partial charge in [0.1, 0.15) is 0 Å². The van der Waals surface area contributed by atoms with E-state index in [0.717, 1.165) is 16.9 Å². The second-order valence-corrected chi connectivity index (χ2v) is 7.23. The fourth-order valence-corrected chi connectivity index (χ4v) is 3.15. The van der Waals surface area contributed by atoms with Crippen molar-refractivity contribution in [3.63, 3.8) is 0 Å². The van der Waals surface area contributed by atoms with Crippen LogP contribution in [-0.4, -0.2) is 34.4 Å². The van der Waals surface area contributed by atoms with Gasteiger partial charge in [0.2, 0.25) is 17.8 Å². The van der Waals surface area contributed by atoms with E-state index in [0.29, 0.717) is 36.6 Å². The lowest BCUT2D eigenvalue weighted by atomic mass is 10.2. The Hall–Kier alpha value is -4.66. The van der Waals surface area contributed by atoms with Crippen molar-refractivity contribution in [2.45, 2.75) is 13.8 Å². The summed E-state index contributed by atoms with van der Waals surface area (Å²) >= 11 is 0. The van der Waals surface area contributed by atoms with Gasteiger partial charge in [-0.2, -0.15) is 20.1 Å². The first-order valence-electron chi connectivity index (χ1n) is 11.3. The van der Waals surface area contributed by atoms with Crippen molar-refractivity contribution in [3.05, 3.63) is 84.4 Å². The van der Waals surface area contributed by atoms with Crippen LogP contribution in [0.4, 0.5) is 29.2 Å². The summed E-state index contributed by atoms with van der Waals surface area (Å²) in [5.74, 6) is 2.40. The predicted octanol–water partition coefficient (Wildman–Crippen LogP) is 5.60. The quantitative estimate of drug-likeness (QED) is 0.192. The second kappa shape index (κ2) is 12.0. The fourth-order valence-electron chi connectivity index (χ4n) is 3.15. The smallest absolute Gasteiger partial charge is 0.250 e. The zero-order chi connectivity index (χ0) is 24.3. The number of nitrogens with zero attached hydrogens (tertiary/aromatic N) is 4. The van der Waals surface area contributed by atoms with Crippen LogP contribution >= 0.6 is 0 Å². The molecule has 0 unspecified atom stereocenters. The van der Waals surface area contributed by atoms with Gasteiger partial charge in [0.05, 0.1) is 19.4 Å². The lowest BCUT2D eigenvalue weighted by Crippen LogP contribution is -2.07. The molecule has 0 radical (unpaired) electrons. The minimum absolute atomic E-state index is 0.282. The number of hydrogen-bond donors (Lipinski definition) is 3. The van der Waals surface area contributed by atoms with E-state index in [4.69, 9.17) is 9.47 Å². The summed E-state index contributed by atoms with van der Waals surface area (Å²) < 4.78 is 11.3. The molecule has 3 aromatic carbocycles. The highest BCUT2D eigenvalue weighted by Crippen LogP contribution is 2.28. The molecule has 4 rings (SSSR count). The minimum atomic E-state index is 0.282. The van der Waals surface area contributed by atoms with E-state index in [2.05, 4.69) is 36.1 Å². The molecular weight excluding hydrogens is 442 g/mol. The first-order valence-corrected chi connectivity index (χ1v) is 11.3. The molecule has 1 aromatic heterocycles. The maximum Gasteiger partial charge on any atom is 0.250 e. The van der Waals surface area contributed by atoms with Crippen molar-refractivity contribution in [2.24, 2.45) is 5.10 Å². The van der Waals surface area contributed by atoms with Gasteiger partial charge in [0, 0.05) is 11.4 Å². The number of anilines is 5. The third kappa shape index (κ3) is 6.91. The summed E-state index contributed by atoms with van der Waals surface area (Å²) in [6.45, 7) is 4.97. The van der Waals surface area contributed by atoms with E-state index in [-0.39, 0.29) is 5.95 Å². The van der Waals surface area contributed by atoms with Crippen molar-refractivity contribution in [1.29, 1.82) is 0 Å². The maximum absolute atomic E-state index is 5.68. The Kier molecular flexibility index (Phi) is 8.05. The lowest BCUT2D eigenvalue weighted by Gasteiger charge is -2.11. The van der Waals surface area contributed by atoms with Crippen molar-refractivity contribution in [2.75, 3.05) is 29.3 Å². The molecule has 0 amide bonds. The molecule has 4 aromatic rings. The van der Waals surface area contributed by atoms with E-state index in [9.17, 15) is 0 Å². The summed E-state index contributed by atoms with van der Waals surface area (Å²) in [4.78, 5) is 13.4. The monoisotopic (exact) mass is 469 g/mol. The van der Waals surface area contributed by atoms with E-state index in [1.165, 1.54) is 0 Å². The molecule has 1 heterocycles. The molecule has 0 saturated heterocycles. The highest BCUT2D eigenvalue weighted by molar-refractivity contribution is 5.81. The molecule has 0 aliphatic carbocycles. The fraction of sp³-hybridized carbons (Fsp3) is 0.154. The topological polar surface area (TPSA) is 106 Å². The number of benzene rings is 3. The average Bonchev–Trinajstić information content (AvgIpc) is 2.87. The normalized spacial score (nSPS) is 10.7. The van der Waals surface area contributed by atoms with Crippen molar-refractivity contribution in [1.82, 2.24) is 15.0 Å². The van der Waals surface area contributed by atoms with Crippen molar-refractivity contribution >= 4 is 35.4 Å². The van der Waals surface area contributed by atoms with E-state index in [1.807, 2.05) is 92.7 Å². The van der Waals surface area contributed by atoms with Gasteiger partial charge in [0.15, 0.2) is 11.5 Å². The number of hydrogen-bond acceptors (Lipinski definition) is 9. The van der Waals surface area contributed by atoms with Crippen LogP contribution in [-0.2, 0) is 0 Å². The first-order chi connectivity index (χ1) is 17.2. The molecule has 0 atom stereocenters. The van der Waals surface area contributed by atoms with E-state index < -0.39 is 0 Å². The number of rotatable bonds is 11. The molecular formula is C26H27N7O2. The average molecular weight is 470 g/mol. The lowest BCUT2D eigenvalue weighted by molar-refractivity contribution is 0.288. The highest BCUT2D eigenvalue weighted by Gasteiger charge is 2.08. The van der Waals surface area contributed by atoms with Gasteiger partial charge in [-0.05, 0) is 61.9 Å². The third-order valence-corrected chi connectivity index (χ3v) is 4.64. The Morgan fingerprint density at radius 2 is 1.23 bits per heavy atom. The van der Waals surface area contributed by atoms with Gasteiger partial charge in [0.25, 0.3) is 0 Å². The highest BCUT2D eigenvalue weighted by atomic mass is 16.5. The number of ether oxygens (including phenoxy) is 2. The standard InChI is InChI=1S/C26H27N7O2/c1-3-34-22-16-15-19(17-23(22)35-4-2)18-27-33-26-31-24(28-20-11-7-5-8-12-20)30-25(32-26)29-21-13-9-6-10-14-21/h5-18H,3-4H2,1-2H3,(H3,28,29,30,31,32,33)/b27-18-. The molecule has 0 spiro atoms. The Morgan fingerprint density at radius 1 is 0.686 bits per heavy atom. The van der Waals surface area contributed by atoms with Crippen LogP contribution in [0.25, 0.3) is 0 Å². The van der Waals surface area contributed by atoms with Crippen molar-refractivity contribution < 1.29 is 9.47 Å². The van der Waals surface area contributed by atoms with Crippen LogP contribution < -0.4 is 25.5 Å². The van der Waals surface area contributed by atoms with Crippen LogP contribution in [0.2, 0.25) is 0 Å². The summed E-state index contributed by atoms with van der Waals surface area (Å²) in [7, 11) is 0. The second-order valence-electron chi connectivity index (χ2n) is 7.23. The zero-order valence-corrected chi connectivity index (χ0v) is 19.6.